The first-order valence-corrected chi connectivity index (χ1v) is 5.14. The molecule has 0 radical (unpaired) electrons. The van der Waals surface area contributed by atoms with E-state index >= 15 is 0 Å². The van der Waals surface area contributed by atoms with Crippen LogP contribution in [0.25, 0.3) is 0 Å². The highest BCUT2D eigenvalue weighted by atomic mass is 16.8. The summed E-state index contributed by atoms with van der Waals surface area (Å²) in [4.78, 5) is 0. The fourth-order valence-corrected chi connectivity index (χ4v) is 4.07. The van der Waals surface area contributed by atoms with Gasteiger partial charge in [-0.15, -0.1) is 0 Å². The van der Waals surface area contributed by atoms with Gasteiger partial charge >= 0.3 is 0 Å². The van der Waals surface area contributed by atoms with Crippen LogP contribution in [0.2, 0.25) is 0 Å². The van der Waals surface area contributed by atoms with Gasteiger partial charge in [-0.1, -0.05) is 11.1 Å². The highest BCUT2D eigenvalue weighted by molar-refractivity contribution is 5.48. The minimum absolute atomic E-state index is 0.0706. The summed E-state index contributed by atoms with van der Waals surface area (Å²) in [5, 5.41) is 0. The van der Waals surface area contributed by atoms with E-state index in [1.54, 1.807) is 11.1 Å². The molecule has 0 amide bonds. The first kappa shape index (κ1) is 7.02. The van der Waals surface area contributed by atoms with Crippen molar-refractivity contribution < 1.29 is 9.47 Å². The van der Waals surface area contributed by atoms with Crippen LogP contribution in [-0.2, 0) is 9.47 Å². The molecule has 13 heavy (non-hydrogen) atoms. The number of hydrogen-bond acceptors (Lipinski definition) is 2. The summed E-state index contributed by atoms with van der Waals surface area (Å²) < 4.78 is 12.3. The molecule has 0 aromatic rings. The molecule has 5 aliphatic rings. The Balaban J connectivity index is 1.91. The molecule has 4 aliphatic carbocycles. The summed E-state index contributed by atoms with van der Waals surface area (Å²) in [7, 11) is 0. The van der Waals surface area contributed by atoms with Crippen LogP contribution in [0.5, 0.6) is 0 Å². The van der Waals surface area contributed by atoms with Gasteiger partial charge in [0.2, 0.25) is 0 Å². The van der Waals surface area contributed by atoms with Gasteiger partial charge in [-0.25, -0.2) is 0 Å². The van der Waals surface area contributed by atoms with Gasteiger partial charge in [0.25, 0.3) is 0 Å². The van der Waals surface area contributed by atoms with Crippen molar-refractivity contribution >= 4 is 0 Å². The average Bonchev–Trinajstić information content (AvgIpc) is 2.49. The van der Waals surface area contributed by atoms with Crippen molar-refractivity contribution in [3.63, 3.8) is 0 Å². The summed E-state index contributed by atoms with van der Waals surface area (Å²) in [6, 6.07) is 0. The Morgan fingerprint density at radius 3 is 1.62 bits per heavy atom. The van der Waals surface area contributed by atoms with E-state index in [9.17, 15) is 0 Å². The Labute approximate surface area is 77.9 Å². The van der Waals surface area contributed by atoms with Crippen molar-refractivity contribution in [1.82, 2.24) is 0 Å². The zero-order valence-electron chi connectivity index (χ0n) is 8.14. The maximum Gasteiger partial charge on any atom is 0.164 e. The minimum atomic E-state index is -0.346. The lowest BCUT2D eigenvalue weighted by molar-refractivity contribution is -0.173. The fourth-order valence-electron chi connectivity index (χ4n) is 4.07. The number of rotatable bonds is 0. The lowest BCUT2D eigenvalue weighted by Gasteiger charge is -2.28. The van der Waals surface area contributed by atoms with Gasteiger partial charge in [0.05, 0.1) is 0 Å². The summed E-state index contributed by atoms with van der Waals surface area (Å²) in [6.07, 6.45) is 4.63. The third-order valence-corrected chi connectivity index (χ3v) is 4.21. The first-order valence-electron chi connectivity index (χ1n) is 5.14. The maximum atomic E-state index is 6.13. The molecular formula is C11H14O2. The molecule has 1 saturated heterocycles. The maximum absolute atomic E-state index is 6.13. The molecule has 0 N–H and O–H groups in total. The zero-order valence-corrected chi connectivity index (χ0v) is 8.14. The van der Waals surface area contributed by atoms with Gasteiger partial charge in [0.1, 0.15) is 11.2 Å². The van der Waals surface area contributed by atoms with Crippen LogP contribution in [-0.4, -0.2) is 17.0 Å². The molecule has 5 rings (SSSR count). The lowest BCUT2D eigenvalue weighted by atomic mass is 9.90. The molecule has 70 valence electrons. The van der Waals surface area contributed by atoms with Crippen LogP contribution in [0.3, 0.4) is 0 Å². The molecule has 1 heterocycles. The largest absolute Gasteiger partial charge is 0.340 e. The van der Waals surface area contributed by atoms with E-state index < -0.39 is 0 Å². The Hall–Kier alpha value is -0.340. The van der Waals surface area contributed by atoms with Crippen LogP contribution in [0.1, 0.15) is 39.5 Å². The second kappa shape index (κ2) is 1.51. The molecule has 2 nitrogen and oxygen atoms in total. The van der Waals surface area contributed by atoms with Crippen LogP contribution >= 0.6 is 0 Å². The second-order valence-corrected chi connectivity index (χ2v) is 5.51. The van der Waals surface area contributed by atoms with Crippen LogP contribution in [0.15, 0.2) is 11.1 Å². The van der Waals surface area contributed by atoms with Gasteiger partial charge in [0, 0.05) is 25.7 Å². The standard InChI is InChI=1S/C11H14O2/c1-9(2)12-10-3-7-4-11(10,13-9)6-8(7)5-10/h3-6H2,1-2H3. The monoisotopic (exact) mass is 178 g/mol. The van der Waals surface area contributed by atoms with Gasteiger partial charge < -0.3 is 9.47 Å². The first-order chi connectivity index (χ1) is 6.04. The van der Waals surface area contributed by atoms with Crippen molar-refractivity contribution in [2.75, 3.05) is 0 Å². The summed E-state index contributed by atoms with van der Waals surface area (Å²) in [5.41, 5.74) is 3.44. The van der Waals surface area contributed by atoms with Gasteiger partial charge in [-0.2, -0.15) is 0 Å². The van der Waals surface area contributed by atoms with Gasteiger partial charge in [0.15, 0.2) is 5.79 Å². The average molecular weight is 178 g/mol. The van der Waals surface area contributed by atoms with E-state index in [2.05, 4.69) is 0 Å². The van der Waals surface area contributed by atoms with Crippen LogP contribution < -0.4 is 0 Å². The fraction of sp³-hybridized carbons (Fsp3) is 0.818. The quantitative estimate of drug-likeness (QED) is 0.529. The van der Waals surface area contributed by atoms with E-state index in [1.165, 1.54) is 0 Å². The van der Waals surface area contributed by atoms with Crippen molar-refractivity contribution in [2.45, 2.75) is 56.5 Å². The van der Waals surface area contributed by atoms with Gasteiger partial charge in [-0.3, -0.25) is 0 Å². The molecular weight excluding hydrogens is 164 g/mol. The summed E-state index contributed by atoms with van der Waals surface area (Å²) >= 11 is 0. The predicted octanol–water partition coefficient (Wildman–Crippen LogP) is 2.14. The summed E-state index contributed by atoms with van der Waals surface area (Å²) in [5.74, 6) is -0.346. The summed E-state index contributed by atoms with van der Waals surface area (Å²) in [6.45, 7) is 4.09. The van der Waals surface area contributed by atoms with Crippen molar-refractivity contribution in [2.24, 2.45) is 0 Å². The lowest BCUT2D eigenvalue weighted by Crippen LogP contribution is -2.41. The van der Waals surface area contributed by atoms with E-state index in [4.69, 9.17) is 9.47 Å². The minimum Gasteiger partial charge on any atom is -0.340 e. The third kappa shape index (κ3) is 0.546. The molecule has 0 unspecified atom stereocenters. The molecule has 2 spiro atoms. The number of ether oxygens (including phenoxy) is 2. The number of hydrogen-bond donors (Lipinski definition) is 0. The van der Waals surface area contributed by atoms with Crippen LogP contribution in [0.4, 0.5) is 0 Å². The molecule has 0 aromatic heterocycles. The molecule has 4 bridgehead atoms. The van der Waals surface area contributed by atoms with Crippen molar-refractivity contribution in [1.29, 1.82) is 0 Å². The Bertz CT molecular complexity index is 303. The van der Waals surface area contributed by atoms with Crippen LogP contribution in [0, 0.1) is 0 Å². The van der Waals surface area contributed by atoms with E-state index in [1.807, 2.05) is 13.8 Å². The molecule has 3 fully saturated rings. The topological polar surface area (TPSA) is 18.5 Å². The predicted molar refractivity (Wildman–Crippen MR) is 47.2 cm³/mol. The van der Waals surface area contributed by atoms with Gasteiger partial charge in [-0.05, 0) is 13.8 Å². The molecule has 2 saturated carbocycles. The van der Waals surface area contributed by atoms with E-state index in [0.717, 1.165) is 25.7 Å². The molecule has 2 heteroatoms. The molecule has 1 aliphatic heterocycles. The molecule has 0 atom stereocenters. The van der Waals surface area contributed by atoms with Crippen molar-refractivity contribution in [3.8, 4) is 0 Å². The zero-order chi connectivity index (χ0) is 8.90. The van der Waals surface area contributed by atoms with E-state index in [-0.39, 0.29) is 17.0 Å². The Kier molecular flexibility index (Phi) is 0.813. The van der Waals surface area contributed by atoms with E-state index in [0.29, 0.717) is 0 Å². The normalized spacial score (nSPS) is 54.0. The Morgan fingerprint density at radius 1 is 0.846 bits per heavy atom. The molecule has 0 aromatic carbocycles. The SMILES string of the molecule is CC1(C)OC23CC4=C(C2)CC3(C4)O1. The second-order valence-electron chi connectivity index (χ2n) is 5.51. The smallest absolute Gasteiger partial charge is 0.164 e. The highest BCUT2D eigenvalue weighted by Gasteiger charge is 2.74. The highest BCUT2D eigenvalue weighted by Crippen LogP contribution is 2.71. The Morgan fingerprint density at radius 2 is 1.23 bits per heavy atom. The third-order valence-electron chi connectivity index (χ3n) is 4.21. The van der Waals surface area contributed by atoms with Crippen molar-refractivity contribution in [3.05, 3.63) is 11.1 Å².